The number of piperidine rings is 1. The van der Waals surface area contributed by atoms with Gasteiger partial charge >= 0.3 is 6.09 Å². The number of benzene rings is 1. The fraction of sp³-hybridized carbons (Fsp3) is 0.636. The number of hydrogen-bond acceptors (Lipinski definition) is 4. The summed E-state index contributed by atoms with van der Waals surface area (Å²) in [6, 6.07) is 8.11. The van der Waals surface area contributed by atoms with Gasteiger partial charge in [0.05, 0.1) is 7.11 Å². The van der Waals surface area contributed by atoms with Crippen molar-refractivity contribution in [2.24, 2.45) is 10.9 Å². The zero-order valence-corrected chi connectivity index (χ0v) is 21.2. The van der Waals surface area contributed by atoms with Crippen LogP contribution >= 0.6 is 24.0 Å². The third-order valence-corrected chi connectivity index (χ3v) is 4.91. The molecule has 1 amide bonds. The number of amides is 1. The van der Waals surface area contributed by atoms with Crippen molar-refractivity contribution in [3.05, 3.63) is 29.8 Å². The van der Waals surface area contributed by atoms with Gasteiger partial charge < -0.3 is 25.0 Å². The first-order valence-electron chi connectivity index (χ1n) is 10.4. The number of likely N-dealkylation sites (tertiary alicyclic amines) is 1. The average molecular weight is 532 g/mol. The molecule has 0 saturated carbocycles. The summed E-state index contributed by atoms with van der Waals surface area (Å²) in [5.74, 6) is 2.21. The van der Waals surface area contributed by atoms with Crippen molar-refractivity contribution in [3.63, 3.8) is 0 Å². The van der Waals surface area contributed by atoms with Crippen LogP contribution in [0.3, 0.4) is 0 Å². The Kier molecular flexibility index (Phi) is 11.3. The highest BCUT2D eigenvalue weighted by Gasteiger charge is 2.26. The second-order valence-corrected chi connectivity index (χ2v) is 8.39. The molecule has 0 bridgehead atoms. The van der Waals surface area contributed by atoms with E-state index in [0.29, 0.717) is 5.92 Å². The van der Waals surface area contributed by atoms with E-state index in [0.717, 1.165) is 57.2 Å². The Balaban J connectivity index is 0.00000450. The first kappa shape index (κ1) is 26.3. The van der Waals surface area contributed by atoms with Crippen LogP contribution in [-0.4, -0.2) is 62.9 Å². The number of aliphatic imine (C=N–C) groups is 1. The van der Waals surface area contributed by atoms with E-state index in [4.69, 9.17) is 9.47 Å². The van der Waals surface area contributed by atoms with Crippen LogP contribution in [-0.2, 0) is 11.2 Å². The fourth-order valence-corrected chi connectivity index (χ4v) is 3.23. The van der Waals surface area contributed by atoms with Crippen molar-refractivity contribution >= 4 is 36.0 Å². The highest BCUT2D eigenvalue weighted by Crippen LogP contribution is 2.19. The van der Waals surface area contributed by atoms with Crippen LogP contribution in [0.15, 0.2) is 29.3 Å². The monoisotopic (exact) mass is 532 g/mol. The van der Waals surface area contributed by atoms with E-state index in [9.17, 15) is 4.79 Å². The Morgan fingerprint density at radius 3 is 2.33 bits per heavy atom. The lowest BCUT2D eigenvalue weighted by molar-refractivity contribution is 0.0185. The molecule has 1 aliphatic rings. The van der Waals surface area contributed by atoms with Crippen LogP contribution in [0.2, 0.25) is 0 Å². The topological polar surface area (TPSA) is 75.2 Å². The minimum atomic E-state index is -0.445. The predicted molar refractivity (Wildman–Crippen MR) is 132 cm³/mol. The van der Waals surface area contributed by atoms with Gasteiger partial charge in [-0.3, -0.25) is 4.99 Å². The highest BCUT2D eigenvalue weighted by atomic mass is 127. The van der Waals surface area contributed by atoms with Gasteiger partial charge in [-0.25, -0.2) is 4.79 Å². The van der Waals surface area contributed by atoms with Crippen molar-refractivity contribution in [3.8, 4) is 5.75 Å². The molecule has 1 saturated heterocycles. The number of nitrogens with zero attached hydrogens (tertiary/aromatic N) is 2. The SMILES string of the molecule is CN=C(NCCc1ccc(OC)cc1)NCC1CCN(C(=O)OC(C)(C)C)CC1.I. The molecule has 0 radical (unpaired) electrons. The van der Waals surface area contributed by atoms with Crippen LogP contribution in [0.5, 0.6) is 5.75 Å². The fourth-order valence-electron chi connectivity index (χ4n) is 3.23. The number of halogens is 1. The third-order valence-electron chi connectivity index (χ3n) is 4.91. The number of hydrogen-bond donors (Lipinski definition) is 2. The summed E-state index contributed by atoms with van der Waals surface area (Å²) in [5.41, 5.74) is 0.808. The molecule has 0 unspecified atom stereocenters. The number of ether oxygens (including phenoxy) is 2. The van der Waals surface area contributed by atoms with E-state index in [1.54, 1.807) is 14.2 Å². The largest absolute Gasteiger partial charge is 0.497 e. The number of methoxy groups -OCH3 is 1. The lowest BCUT2D eigenvalue weighted by Crippen LogP contribution is -2.45. The molecule has 2 N–H and O–H groups in total. The van der Waals surface area contributed by atoms with Crippen molar-refractivity contribution in [2.45, 2.75) is 45.6 Å². The maximum Gasteiger partial charge on any atom is 0.410 e. The lowest BCUT2D eigenvalue weighted by atomic mass is 9.97. The summed E-state index contributed by atoms with van der Waals surface area (Å²) < 4.78 is 10.6. The number of carbonyl (C=O) groups excluding carboxylic acids is 1. The zero-order chi connectivity index (χ0) is 21.3. The van der Waals surface area contributed by atoms with E-state index in [2.05, 4.69) is 27.8 Å². The van der Waals surface area contributed by atoms with Gasteiger partial charge in [0.2, 0.25) is 0 Å². The molecule has 170 valence electrons. The number of rotatable bonds is 6. The van der Waals surface area contributed by atoms with E-state index in [-0.39, 0.29) is 30.1 Å². The summed E-state index contributed by atoms with van der Waals surface area (Å²) in [5, 5.41) is 6.77. The molecule has 0 aliphatic carbocycles. The normalized spacial score (nSPS) is 15.2. The number of nitrogens with one attached hydrogen (secondary N) is 2. The number of guanidine groups is 1. The van der Waals surface area contributed by atoms with Crippen LogP contribution in [0.1, 0.15) is 39.2 Å². The Morgan fingerprint density at radius 1 is 1.17 bits per heavy atom. The molecule has 8 heteroatoms. The van der Waals surface area contributed by atoms with Gasteiger partial charge in [-0.15, -0.1) is 24.0 Å². The van der Waals surface area contributed by atoms with E-state index < -0.39 is 5.60 Å². The van der Waals surface area contributed by atoms with E-state index >= 15 is 0 Å². The summed E-state index contributed by atoms with van der Waals surface area (Å²) >= 11 is 0. The van der Waals surface area contributed by atoms with Gasteiger partial charge in [-0.2, -0.15) is 0 Å². The first-order valence-corrected chi connectivity index (χ1v) is 10.4. The Morgan fingerprint density at radius 2 is 1.80 bits per heavy atom. The molecule has 0 spiro atoms. The molecule has 1 aliphatic heterocycles. The molecular formula is C22H37IN4O3. The Bertz CT molecular complexity index is 666. The maximum atomic E-state index is 12.2. The van der Waals surface area contributed by atoms with Gasteiger partial charge in [0.1, 0.15) is 11.4 Å². The van der Waals surface area contributed by atoms with Gasteiger partial charge in [0, 0.05) is 33.2 Å². The molecule has 1 fully saturated rings. The van der Waals surface area contributed by atoms with Gasteiger partial charge in [0.15, 0.2) is 5.96 Å². The summed E-state index contributed by atoms with van der Waals surface area (Å²) in [6.45, 7) is 8.83. The van der Waals surface area contributed by atoms with Crippen molar-refractivity contribution in [1.29, 1.82) is 0 Å². The third kappa shape index (κ3) is 9.40. The highest BCUT2D eigenvalue weighted by molar-refractivity contribution is 14.0. The van der Waals surface area contributed by atoms with Crippen LogP contribution in [0.25, 0.3) is 0 Å². The quantitative estimate of drug-likeness (QED) is 0.332. The molecule has 0 atom stereocenters. The molecule has 1 heterocycles. The second-order valence-electron chi connectivity index (χ2n) is 8.39. The summed E-state index contributed by atoms with van der Waals surface area (Å²) in [4.78, 5) is 18.3. The van der Waals surface area contributed by atoms with Crippen molar-refractivity contribution < 1.29 is 14.3 Å². The van der Waals surface area contributed by atoms with Crippen molar-refractivity contribution in [2.75, 3.05) is 40.3 Å². The molecule has 2 rings (SSSR count). The minimum absolute atomic E-state index is 0. The molecular weight excluding hydrogens is 495 g/mol. The van der Waals surface area contributed by atoms with Gasteiger partial charge in [-0.1, -0.05) is 12.1 Å². The standard InChI is InChI=1S/C22H36N4O3.HI/c1-22(2,3)29-21(27)26-14-11-18(12-15-26)16-25-20(23-4)24-13-10-17-6-8-19(28-5)9-7-17;/h6-9,18H,10-16H2,1-5H3,(H2,23,24,25);1H. The summed E-state index contributed by atoms with van der Waals surface area (Å²) in [7, 11) is 3.46. The maximum absolute atomic E-state index is 12.2. The van der Waals surface area contributed by atoms with E-state index in [1.165, 1.54) is 5.56 Å². The molecule has 1 aromatic carbocycles. The summed E-state index contributed by atoms with van der Waals surface area (Å²) in [6.07, 6.45) is 2.64. The Labute approximate surface area is 198 Å². The Hall–Kier alpha value is -1.71. The van der Waals surface area contributed by atoms with Crippen LogP contribution in [0, 0.1) is 5.92 Å². The van der Waals surface area contributed by atoms with E-state index in [1.807, 2.05) is 37.8 Å². The molecule has 0 aromatic heterocycles. The second kappa shape index (κ2) is 12.9. The smallest absolute Gasteiger partial charge is 0.410 e. The average Bonchev–Trinajstić information content (AvgIpc) is 2.70. The lowest BCUT2D eigenvalue weighted by Gasteiger charge is -2.33. The van der Waals surface area contributed by atoms with Crippen LogP contribution < -0.4 is 15.4 Å². The number of carbonyl (C=O) groups is 1. The van der Waals surface area contributed by atoms with Gasteiger partial charge in [-0.05, 0) is 63.6 Å². The predicted octanol–water partition coefficient (Wildman–Crippen LogP) is 3.67. The zero-order valence-electron chi connectivity index (χ0n) is 18.9. The first-order chi connectivity index (χ1) is 13.8. The van der Waals surface area contributed by atoms with Crippen molar-refractivity contribution in [1.82, 2.24) is 15.5 Å². The molecule has 30 heavy (non-hydrogen) atoms. The molecule has 1 aromatic rings. The van der Waals surface area contributed by atoms with Gasteiger partial charge in [0.25, 0.3) is 0 Å². The molecule has 7 nitrogen and oxygen atoms in total. The van der Waals surface area contributed by atoms with Crippen LogP contribution in [0.4, 0.5) is 4.79 Å². The minimum Gasteiger partial charge on any atom is -0.497 e.